The Morgan fingerprint density at radius 1 is 1.03 bits per heavy atom. The van der Waals surface area contributed by atoms with E-state index in [1.165, 1.54) is 12.1 Å². The van der Waals surface area contributed by atoms with Crippen LogP contribution >= 0.6 is 0 Å². The van der Waals surface area contributed by atoms with Gasteiger partial charge in [0, 0.05) is 24.6 Å². The van der Waals surface area contributed by atoms with Crippen LogP contribution in [0.15, 0.2) is 66.7 Å². The van der Waals surface area contributed by atoms with Gasteiger partial charge < -0.3 is 19.7 Å². The number of carbonyl (C=O) groups is 2. The Labute approximate surface area is 203 Å². The fourth-order valence-corrected chi connectivity index (χ4v) is 5.05. The van der Waals surface area contributed by atoms with Gasteiger partial charge >= 0.3 is 0 Å². The molecule has 6 nitrogen and oxygen atoms in total. The smallest absolute Gasteiger partial charge is 0.262 e. The summed E-state index contributed by atoms with van der Waals surface area (Å²) in [6.45, 7) is 1.23. The SMILES string of the molecule is COc1ccc([C@H](c2ccc(F)cc2)C2CCN(C(=O)c3ccc4c(c3)NC(=O)CO4)CC2)cc1. The summed E-state index contributed by atoms with van der Waals surface area (Å²) in [4.78, 5) is 26.7. The molecule has 0 aromatic heterocycles. The zero-order valence-corrected chi connectivity index (χ0v) is 19.5. The molecule has 1 saturated heterocycles. The highest BCUT2D eigenvalue weighted by molar-refractivity contribution is 5.99. The molecule has 0 spiro atoms. The van der Waals surface area contributed by atoms with Crippen LogP contribution in [0.4, 0.5) is 10.1 Å². The fourth-order valence-electron chi connectivity index (χ4n) is 5.05. The van der Waals surface area contributed by atoms with Gasteiger partial charge in [-0.3, -0.25) is 9.59 Å². The average Bonchev–Trinajstić information content (AvgIpc) is 2.90. The van der Waals surface area contributed by atoms with Crippen LogP contribution in [0.5, 0.6) is 11.5 Å². The highest BCUT2D eigenvalue weighted by atomic mass is 19.1. The molecule has 5 rings (SSSR count). The lowest BCUT2D eigenvalue weighted by atomic mass is 9.76. The van der Waals surface area contributed by atoms with E-state index >= 15 is 0 Å². The molecule has 1 atom stereocenters. The molecule has 2 amide bonds. The van der Waals surface area contributed by atoms with E-state index in [2.05, 4.69) is 17.4 Å². The number of amides is 2. The lowest BCUT2D eigenvalue weighted by molar-refractivity contribution is -0.118. The molecular weight excluding hydrogens is 447 g/mol. The second-order valence-corrected chi connectivity index (χ2v) is 8.98. The predicted molar refractivity (Wildman–Crippen MR) is 130 cm³/mol. The van der Waals surface area contributed by atoms with Crippen molar-refractivity contribution in [2.45, 2.75) is 18.8 Å². The van der Waals surface area contributed by atoms with E-state index in [9.17, 15) is 14.0 Å². The zero-order valence-electron chi connectivity index (χ0n) is 19.5. The van der Waals surface area contributed by atoms with Gasteiger partial charge in [0.15, 0.2) is 6.61 Å². The maximum atomic E-state index is 13.6. The Morgan fingerprint density at radius 2 is 1.69 bits per heavy atom. The van der Waals surface area contributed by atoms with E-state index in [1.54, 1.807) is 25.3 Å². The summed E-state index contributed by atoms with van der Waals surface area (Å²) in [5.74, 6) is 1.21. The normalized spacial score (nSPS) is 16.6. The molecule has 2 aliphatic rings. The predicted octanol–water partition coefficient (Wildman–Crippen LogP) is 4.85. The fraction of sp³-hybridized carbons (Fsp3) is 0.286. The number of methoxy groups -OCH3 is 1. The van der Waals surface area contributed by atoms with Crippen molar-refractivity contribution in [3.63, 3.8) is 0 Å². The molecule has 1 fully saturated rings. The number of nitrogens with one attached hydrogen (secondary N) is 1. The van der Waals surface area contributed by atoms with Crippen LogP contribution in [0.25, 0.3) is 0 Å². The molecule has 2 aliphatic heterocycles. The molecule has 180 valence electrons. The van der Waals surface area contributed by atoms with E-state index in [4.69, 9.17) is 9.47 Å². The molecule has 2 heterocycles. The van der Waals surface area contributed by atoms with Crippen LogP contribution in [0.1, 0.15) is 40.2 Å². The van der Waals surface area contributed by atoms with Gasteiger partial charge in [0.05, 0.1) is 12.8 Å². The molecule has 1 N–H and O–H groups in total. The molecule has 0 unspecified atom stereocenters. The Hall–Kier alpha value is -3.87. The monoisotopic (exact) mass is 474 g/mol. The van der Waals surface area contributed by atoms with Gasteiger partial charge in [-0.05, 0) is 72.4 Å². The van der Waals surface area contributed by atoms with E-state index in [1.807, 2.05) is 29.2 Å². The number of carbonyl (C=O) groups excluding carboxylic acids is 2. The second-order valence-electron chi connectivity index (χ2n) is 8.98. The largest absolute Gasteiger partial charge is 0.497 e. The van der Waals surface area contributed by atoms with Crippen LogP contribution < -0.4 is 14.8 Å². The van der Waals surface area contributed by atoms with Crippen molar-refractivity contribution >= 4 is 17.5 Å². The molecule has 3 aromatic rings. The van der Waals surface area contributed by atoms with Gasteiger partial charge in [0.25, 0.3) is 11.8 Å². The number of piperidine rings is 1. The summed E-state index contributed by atoms with van der Waals surface area (Å²) in [6.07, 6.45) is 1.65. The first-order chi connectivity index (χ1) is 17.0. The third-order valence-electron chi connectivity index (χ3n) is 6.86. The van der Waals surface area contributed by atoms with Gasteiger partial charge in [-0.1, -0.05) is 24.3 Å². The van der Waals surface area contributed by atoms with Crippen LogP contribution in [0, 0.1) is 11.7 Å². The van der Waals surface area contributed by atoms with Crippen molar-refractivity contribution in [2.24, 2.45) is 5.92 Å². The summed E-state index contributed by atoms with van der Waals surface area (Å²) in [7, 11) is 1.64. The first-order valence-corrected chi connectivity index (χ1v) is 11.8. The van der Waals surface area contributed by atoms with Gasteiger partial charge in [-0.15, -0.1) is 0 Å². The van der Waals surface area contributed by atoms with Gasteiger partial charge in [0.2, 0.25) is 0 Å². The number of ether oxygens (including phenoxy) is 2. The molecule has 0 bridgehead atoms. The van der Waals surface area contributed by atoms with Crippen molar-refractivity contribution in [3.8, 4) is 11.5 Å². The highest BCUT2D eigenvalue weighted by Crippen LogP contribution is 2.39. The van der Waals surface area contributed by atoms with Gasteiger partial charge in [-0.2, -0.15) is 0 Å². The van der Waals surface area contributed by atoms with Crippen LogP contribution in [0.3, 0.4) is 0 Å². The highest BCUT2D eigenvalue weighted by Gasteiger charge is 2.31. The number of benzene rings is 3. The Balaban J connectivity index is 1.33. The van der Waals surface area contributed by atoms with Gasteiger partial charge in [0.1, 0.15) is 17.3 Å². The van der Waals surface area contributed by atoms with E-state index in [-0.39, 0.29) is 30.2 Å². The summed E-state index contributed by atoms with van der Waals surface area (Å²) in [5.41, 5.74) is 3.26. The number of rotatable bonds is 5. The molecule has 7 heteroatoms. The average molecular weight is 475 g/mol. The Kier molecular flexibility index (Phi) is 6.40. The molecule has 35 heavy (non-hydrogen) atoms. The summed E-state index contributed by atoms with van der Waals surface area (Å²) in [5, 5.41) is 2.76. The third-order valence-corrected chi connectivity index (χ3v) is 6.86. The summed E-state index contributed by atoms with van der Waals surface area (Å²) >= 11 is 0. The number of anilines is 1. The Bertz CT molecular complexity index is 1220. The standard InChI is InChI=1S/C28H27FN2O4/c1-34-23-9-4-19(5-10-23)27(18-2-7-22(29)8-3-18)20-12-14-31(15-13-20)28(33)21-6-11-25-24(16-21)30-26(32)17-35-25/h2-11,16,20,27H,12-15,17H2,1H3,(H,30,32)/t27-/m0/s1. The van der Waals surface area contributed by atoms with Crippen LogP contribution in [-0.2, 0) is 4.79 Å². The van der Waals surface area contributed by atoms with Crippen molar-refractivity contribution < 1.29 is 23.5 Å². The van der Waals surface area contributed by atoms with Crippen molar-refractivity contribution in [2.75, 3.05) is 32.1 Å². The minimum absolute atomic E-state index is 0.0166. The second kappa shape index (κ2) is 9.78. The first-order valence-electron chi connectivity index (χ1n) is 11.8. The first kappa shape index (κ1) is 22.9. The quantitative estimate of drug-likeness (QED) is 0.574. The zero-order chi connectivity index (χ0) is 24.4. The lowest BCUT2D eigenvalue weighted by Crippen LogP contribution is -2.40. The molecule has 0 radical (unpaired) electrons. The molecule has 3 aromatic carbocycles. The molecule has 0 aliphatic carbocycles. The number of halogens is 1. The number of nitrogens with zero attached hydrogens (tertiary/aromatic N) is 1. The number of hydrogen-bond acceptors (Lipinski definition) is 4. The van der Waals surface area contributed by atoms with E-state index < -0.39 is 0 Å². The number of fused-ring (bicyclic) bond motifs is 1. The van der Waals surface area contributed by atoms with Gasteiger partial charge in [-0.25, -0.2) is 4.39 Å². The van der Waals surface area contributed by atoms with Crippen LogP contribution in [-0.4, -0.2) is 43.5 Å². The van der Waals surface area contributed by atoms with Crippen molar-refractivity contribution in [3.05, 3.63) is 89.2 Å². The van der Waals surface area contributed by atoms with Crippen LogP contribution in [0.2, 0.25) is 0 Å². The van der Waals surface area contributed by atoms with E-state index in [0.29, 0.717) is 36.0 Å². The summed E-state index contributed by atoms with van der Waals surface area (Å²) in [6, 6.07) is 19.9. The lowest BCUT2D eigenvalue weighted by Gasteiger charge is -2.37. The van der Waals surface area contributed by atoms with Crippen molar-refractivity contribution in [1.82, 2.24) is 4.90 Å². The maximum absolute atomic E-state index is 13.6. The Morgan fingerprint density at radius 3 is 2.34 bits per heavy atom. The molecule has 0 saturated carbocycles. The van der Waals surface area contributed by atoms with E-state index in [0.717, 1.165) is 29.7 Å². The minimum Gasteiger partial charge on any atom is -0.497 e. The minimum atomic E-state index is -0.255. The maximum Gasteiger partial charge on any atom is 0.262 e. The third kappa shape index (κ3) is 4.85. The molecular formula is C28H27FN2O4. The summed E-state index contributed by atoms with van der Waals surface area (Å²) < 4.78 is 24.3. The topological polar surface area (TPSA) is 67.9 Å². The van der Waals surface area contributed by atoms with Crippen molar-refractivity contribution in [1.29, 1.82) is 0 Å². The number of likely N-dealkylation sites (tertiary alicyclic amines) is 1. The number of hydrogen-bond donors (Lipinski definition) is 1.